The number of hydrazine groups is 1. The normalized spacial score (nSPS) is 17.6. The molecule has 14 heavy (non-hydrogen) atoms. The van der Waals surface area contributed by atoms with Gasteiger partial charge in [-0.1, -0.05) is 0 Å². The SMILES string of the molecule is CC1(Nc2cc(NN)nc(N)n2)CC1. The monoisotopic (exact) mass is 194 g/mol. The second-order valence-electron chi connectivity index (χ2n) is 3.83. The van der Waals surface area contributed by atoms with Crippen LogP contribution < -0.4 is 22.3 Å². The maximum Gasteiger partial charge on any atom is 0.223 e. The maximum atomic E-state index is 5.52. The summed E-state index contributed by atoms with van der Waals surface area (Å²) in [5.74, 6) is 6.69. The van der Waals surface area contributed by atoms with Gasteiger partial charge in [-0.05, 0) is 19.8 Å². The summed E-state index contributed by atoms with van der Waals surface area (Å²) in [4.78, 5) is 7.96. The minimum Gasteiger partial charge on any atom is -0.368 e. The number of nitrogen functional groups attached to an aromatic ring is 2. The van der Waals surface area contributed by atoms with Gasteiger partial charge in [0.25, 0.3) is 0 Å². The molecule has 0 radical (unpaired) electrons. The van der Waals surface area contributed by atoms with E-state index in [1.54, 1.807) is 6.07 Å². The van der Waals surface area contributed by atoms with Crippen LogP contribution in [0.1, 0.15) is 19.8 Å². The van der Waals surface area contributed by atoms with E-state index < -0.39 is 0 Å². The van der Waals surface area contributed by atoms with Crippen LogP contribution >= 0.6 is 0 Å². The lowest BCUT2D eigenvalue weighted by Gasteiger charge is -2.12. The molecule has 0 atom stereocenters. The summed E-state index contributed by atoms with van der Waals surface area (Å²) >= 11 is 0. The number of hydrogen-bond acceptors (Lipinski definition) is 6. The molecule has 0 amide bonds. The first-order chi connectivity index (χ1) is 6.61. The number of anilines is 3. The average Bonchev–Trinajstić information content (AvgIpc) is 2.82. The van der Waals surface area contributed by atoms with Gasteiger partial charge in [0.05, 0.1) is 0 Å². The lowest BCUT2D eigenvalue weighted by molar-refractivity contribution is 0.820. The summed E-state index contributed by atoms with van der Waals surface area (Å²) < 4.78 is 0. The quantitative estimate of drug-likeness (QED) is 0.408. The zero-order valence-electron chi connectivity index (χ0n) is 8.04. The Morgan fingerprint density at radius 3 is 2.57 bits per heavy atom. The van der Waals surface area contributed by atoms with E-state index in [2.05, 4.69) is 27.6 Å². The fourth-order valence-corrected chi connectivity index (χ4v) is 1.23. The van der Waals surface area contributed by atoms with Gasteiger partial charge in [0.15, 0.2) is 0 Å². The molecule has 0 unspecified atom stereocenters. The van der Waals surface area contributed by atoms with Crippen LogP contribution in [0.15, 0.2) is 6.07 Å². The lowest BCUT2D eigenvalue weighted by Crippen LogP contribution is -2.18. The van der Waals surface area contributed by atoms with Crippen molar-refractivity contribution in [3.05, 3.63) is 6.07 Å². The predicted molar refractivity (Wildman–Crippen MR) is 55.5 cm³/mol. The maximum absolute atomic E-state index is 5.52. The van der Waals surface area contributed by atoms with E-state index in [1.807, 2.05) is 0 Å². The van der Waals surface area contributed by atoms with Crippen molar-refractivity contribution in [1.82, 2.24) is 9.97 Å². The number of nitrogens with zero attached hydrogens (tertiary/aromatic N) is 2. The van der Waals surface area contributed by atoms with Crippen LogP contribution in [0.4, 0.5) is 17.6 Å². The Morgan fingerprint density at radius 2 is 2.00 bits per heavy atom. The van der Waals surface area contributed by atoms with E-state index in [9.17, 15) is 0 Å². The molecule has 0 bridgehead atoms. The van der Waals surface area contributed by atoms with Crippen molar-refractivity contribution in [2.24, 2.45) is 5.84 Å². The minimum atomic E-state index is 0.173. The second-order valence-corrected chi connectivity index (χ2v) is 3.83. The Balaban J connectivity index is 2.20. The molecular weight excluding hydrogens is 180 g/mol. The van der Waals surface area contributed by atoms with Gasteiger partial charge in [-0.15, -0.1) is 0 Å². The lowest BCUT2D eigenvalue weighted by atomic mass is 10.3. The molecule has 6 heteroatoms. The molecule has 1 fully saturated rings. The first-order valence-corrected chi connectivity index (χ1v) is 4.51. The van der Waals surface area contributed by atoms with Crippen LogP contribution in [0.25, 0.3) is 0 Å². The standard InChI is InChI=1S/C8H14N6/c1-8(2-3-8)13-5-4-6(14-10)12-7(9)11-5/h4H,2-3,10H2,1H3,(H4,9,11,12,13,14). The molecule has 0 saturated heterocycles. The first kappa shape index (κ1) is 9.01. The highest BCUT2D eigenvalue weighted by Gasteiger charge is 2.37. The fraction of sp³-hybridized carbons (Fsp3) is 0.500. The molecule has 1 aromatic rings. The number of nitrogens with one attached hydrogen (secondary N) is 2. The van der Waals surface area contributed by atoms with Gasteiger partial charge in [0.2, 0.25) is 5.95 Å². The molecular formula is C8H14N6. The number of nitrogens with two attached hydrogens (primary N) is 2. The third-order valence-electron chi connectivity index (χ3n) is 2.32. The minimum absolute atomic E-state index is 0.173. The number of hydrogen-bond donors (Lipinski definition) is 4. The van der Waals surface area contributed by atoms with Gasteiger partial charge in [-0.25, -0.2) is 5.84 Å². The molecule has 76 valence electrons. The Bertz CT molecular complexity index is 346. The first-order valence-electron chi connectivity index (χ1n) is 4.51. The predicted octanol–water partition coefficient (Wildman–Crippen LogP) is 0.309. The van der Waals surface area contributed by atoms with Crippen molar-refractivity contribution in [1.29, 1.82) is 0 Å². The van der Waals surface area contributed by atoms with E-state index in [0.717, 1.165) is 12.8 Å². The Morgan fingerprint density at radius 1 is 1.36 bits per heavy atom. The highest BCUT2D eigenvalue weighted by molar-refractivity contribution is 5.52. The molecule has 1 saturated carbocycles. The number of aromatic nitrogens is 2. The molecule has 6 N–H and O–H groups in total. The Labute approximate surface area is 82.1 Å². The Kier molecular flexibility index (Phi) is 1.92. The van der Waals surface area contributed by atoms with Crippen molar-refractivity contribution in [3.63, 3.8) is 0 Å². The van der Waals surface area contributed by atoms with E-state index in [1.165, 1.54) is 0 Å². The number of rotatable bonds is 3. The molecule has 1 aliphatic rings. The average molecular weight is 194 g/mol. The van der Waals surface area contributed by atoms with Crippen LogP contribution in [-0.2, 0) is 0 Å². The summed E-state index contributed by atoms with van der Waals surface area (Å²) in [5.41, 5.74) is 8.13. The van der Waals surface area contributed by atoms with E-state index in [4.69, 9.17) is 11.6 Å². The summed E-state index contributed by atoms with van der Waals surface area (Å²) in [6, 6.07) is 1.74. The summed E-state index contributed by atoms with van der Waals surface area (Å²) in [6.07, 6.45) is 2.31. The molecule has 6 nitrogen and oxygen atoms in total. The van der Waals surface area contributed by atoms with Gasteiger partial charge in [0, 0.05) is 11.6 Å². The molecule has 1 heterocycles. The van der Waals surface area contributed by atoms with Crippen molar-refractivity contribution < 1.29 is 0 Å². The smallest absolute Gasteiger partial charge is 0.223 e. The molecule has 1 aromatic heterocycles. The third-order valence-corrected chi connectivity index (χ3v) is 2.32. The van der Waals surface area contributed by atoms with E-state index >= 15 is 0 Å². The molecule has 0 aliphatic heterocycles. The summed E-state index contributed by atoms with van der Waals surface area (Å²) in [7, 11) is 0. The van der Waals surface area contributed by atoms with Crippen molar-refractivity contribution in [2.75, 3.05) is 16.5 Å². The zero-order chi connectivity index (χ0) is 10.2. The second kappa shape index (κ2) is 2.98. The highest BCUT2D eigenvalue weighted by atomic mass is 15.3. The molecule has 0 spiro atoms. The van der Waals surface area contributed by atoms with Crippen LogP contribution in [-0.4, -0.2) is 15.5 Å². The van der Waals surface area contributed by atoms with Crippen molar-refractivity contribution in [2.45, 2.75) is 25.3 Å². The fourth-order valence-electron chi connectivity index (χ4n) is 1.23. The third kappa shape index (κ3) is 1.85. The van der Waals surface area contributed by atoms with Crippen LogP contribution in [0.5, 0.6) is 0 Å². The van der Waals surface area contributed by atoms with Crippen molar-refractivity contribution in [3.8, 4) is 0 Å². The highest BCUT2D eigenvalue weighted by Crippen LogP contribution is 2.37. The van der Waals surface area contributed by atoms with Crippen LogP contribution in [0.2, 0.25) is 0 Å². The van der Waals surface area contributed by atoms with Crippen molar-refractivity contribution >= 4 is 17.6 Å². The largest absolute Gasteiger partial charge is 0.368 e. The Hall–Kier alpha value is -1.56. The van der Waals surface area contributed by atoms with Gasteiger partial charge >= 0.3 is 0 Å². The van der Waals surface area contributed by atoms with Gasteiger partial charge < -0.3 is 16.5 Å². The van der Waals surface area contributed by atoms with Gasteiger partial charge in [0.1, 0.15) is 11.6 Å². The van der Waals surface area contributed by atoms with Crippen LogP contribution in [0, 0.1) is 0 Å². The summed E-state index contributed by atoms with van der Waals surface area (Å²) in [6.45, 7) is 2.14. The molecule has 0 aromatic carbocycles. The summed E-state index contributed by atoms with van der Waals surface area (Å²) in [5, 5.41) is 3.28. The zero-order valence-corrected chi connectivity index (χ0v) is 8.04. The molecule has 2 rings (SSSR count). The molecule has 1 aliphatic carbocycles. The van der Waals surface area contributed by atoms with Crippen LogP contribution in [0.3, 0.4) is 0 Å². The van der Waals surface area contributed by atoms with Gasteiger partial charge in [-0.3, -0.25) is 0 Å². The van der Waals surface area contributed by atoms with Gasteiger partial charge in [-0.2, -0.15) is 9.97 Å². The van der Waals surface area contributed by atoms with E-state index in [0.29, 0.717) is 11.6 Å². The topological polar surface area (TPSA) is 102 Å². The van der Waals surface area contributed by atoms with E-state index in [-0.39, 0.29) is 11.5 Å².